The second-order valence-corrected chi connectivity index (χ2v) is 8.12. The molecule has 2 amide bonds. The molecule has 10 nitrogen and oxygen atoms in total. The Morgan fingerprint density at radius 3 is 2.53 bits per heavy atom. The van der Waals surface area contributed by atoms with Crippen LogP contribution in [-0.2, 0) is 17.8 Å². The van der Waals surface area contributed by atoms with Gasteiger partial charge in [0.1, 0.15) is 0 Å². The van der Waals surface area contributed by atoms with Crippen molar-refractivity contribution in [3.05, 3.63) is 105 Å². The number of anilines is 1. The molecule has 0 saturated heterocycles. The lowest BCUT2D eigenvalue weighted by molar-refractivity contribution is -0.384. The first-order valence-corrected chi connectivity index (χ1v) is 11.4. The normalized spacial score (nSPS) is 10.8. The molecule has 1 aromatic heterocycles. The minimum Gasteiger partial charge on any atom is -0.407 e. The third-order valence-corrected chi connectivity index (χ3v) is 5.64. The second-order valence-electron chi connectivity index (χ2n) is 8.12. The lowest BCUT2D eigenvalue weighted by Gasteiger charge is -2.12. The number of amides is 2. The van der Waals surface area contributed by atoms with Gasteiger partial charge in [-0.2, -0.15) is 0 Å². The summed E-state index contributed by atoms with van der Waals surface area (Å²) in [6.07, 6.45) is 1.11. The average molecular weight is 489 g/mol. The molecule has 0 unspecified atom stereocenters. The van der Waals surface area contributed by atoms with E-state index < -0.39 is 10.7 Å². The summed E-state index contributed by atoms with van der Waals surface area (Å²) in [5.74, 6) is -1.24. The van der Waals surface area contributed by atoms with E-state index in [4.69, 9.17) is 4.42 Å². The smallest absolute Gasteiger partial charge is 0.407 e. The number of para-hydroxylation sites is 1. The summed E-state index contributed by atoms with van der Waals surface area (Å²) in [7, 11) is 0. The van der Waals surface area contributed by atoms with Crippen LogP contribution in [0.3, 0.4) is 0 Å². The molecule has 36 heavy (non-hydrogen) atoms. The van der Waals surface area contributed by atoms with Gasteiger partial charge in [-0.3, -0.25) is 24.3 Å². The van der Waals surface area contributed by atoms with Crippen molar-refractivity contribution in [2.75, 3.05) is 11.9 Å². The van der Waals surface area contributed by atoms with Crippen molar-refractivity contribution in [2.24, 2.45) is 0 Å². The van der Waals surface area contributed by atoms with Crippen LogP contribution in [0.4, 0.5) is 11.4 Å². The van der Waals surface area contributed by atoms with E-state index in [1.807, 2.05) is 30.3 Å². The summed E-state index contributed by atoms with van der Waals surface area (Å²) < 4.78 is 6.44. The van der Waals surface area contributed by atoms with Gasteiger partial charge in [-0.1, -0.05) is 42.5 Å². The summed E-state index contributed by atoms with van der Waals surface area (Å²) in [6.45, 7) is 0.653. The van der Waals surface area contributed by atoms with E-state index in [9.17, 15) is 24.5 Å². The topological polar surface area (TPSA) is 136 Å². The molecule has 0 aliphatic heterocycles. The van der Waals surface area contributed by atoms with Crippen LogP contribution < -0.4 is 16.4 Å². The minimum atomic E-state index is -0.650. The lowest BCUT2D eigenvalue weighted by Crippen LogP contribution is -2.27. The molecule has 184 valence electrons. The van der Waals surface area contributed by atoms with Crippen LogP contribution >= 0.6 is 0 Å². The number of carbonyl (C=O) groups is 2. The number of rotatable bonds is 10. The van der Waals surface area contributed by atoms with E-state index in [1.165, 1.54) is 22.8 Å². The second kappa shape index (κ2) is 11.1. The lowest BCUT2D eigenvalue weighted by atomic mass is 10.1. The monoisotopic (exact) mass is 488 g/mol. The predicted octanol–water partition coefficient (Wildman–Crippen LogP) is 3.89. The number of hydrogen-bond acceptors (Lipinski definition) is 6. The Hall–Kier alpha value is -4.73. The number of oxazole rings is 1. The van der Waals surface area contributed by atoms with Crippen LogP contribution in [0.5, 0.6) is 0 Å². The highest BCUT2D eigenvalue weighted by atomic mass is 16.6. The van der Waals surface area contributed by atoms with Crippen molar-refractivity contribution in [1.82, 2.24) is 9.88 Å². The van der Waals surface area contributed by atoms with Crippen molar-refractivity contribution in [2.45, 2.75) is 25.8 Å². The first-order valence-electron chi connectivity index (χ1n) is 11.4. The molecule has 0 atom stereocenters. The number of nitro groups is 1. The molecule has 0 aliphatic rings. The van der Waals surface area contributed by atoms with Crippen molar-refractivity contribution < 1.29 is 18.9 Å². The van der Waals surface area contributed by atoms with Gasteiger partial charge in [0.05, 0.1) is 27.8 Å². The van der Waals surface area contributed by atoms with Gasteiger partial charge in [0, 0.05) is 25.6 Å². The summed E-state index contributed by atoms with van der Waals surface area (Å²) in [4.78, 5) is 47.8. The zero-order valence-corrected chi connectivity index (χ0v) is 19.3. The molecule has 10 heteroatoms. The molecular weight excluding hydrogens is 464 g/mol. The molecular formula is C26H24N4O6. The number of benzene rings is 3. The summed E-state index contributed by atoms with van der Waals surface area (Å²) in [5.41, 5.74) is 2.23. The molecule has 3 aromatic carbocycles. The largest absolute Gasteiger partial charge is 0.419 e. The zero-order chi connectivity index (χ0) is 25.5. The van der Waals surface area contributed by atoms with Crippen molar-refractivity contribution in [3.63, 3.8) is 0 Å². The number of aryl methyl sites for hydroxylation is 1. The fourth-order valence-electron chi connectivity index (χ4n) is 3.84. The van der Waals surface area contributed by atoms with Crippen LogP contribution in [0.25, 0.3) is 11.1 Å². The van der Waals surface area contributed by atoms with Crippen molar-refractivity contribution in [1.29, 1.82) is 0 Å². The molecule has 0 spiro atoms. The van der Waals surface area contributed by atoms with Crippen LogP contribution in [0, 0.1) is 10.1 Å². The third kappa shape index (κ3) is 5.84. The Kier molecular flexibility index (Phi) is 7.54. The molecule has 0 saturated carbocycles. The molecule has 0 fully saturated rings. The van der Waals surface area contributed by atoms with E-state index >= 15 is 0 Å². The fraction of sp³-hybridized carbons (Fsp3) is 0.192. The highest BCUT2D eigenvalue weighted by Crippen LogP contribution is 2.20. The molecule has 0 aliphatic carbocycles. The molecule has 0 bridgehead atoms. The zero-order valence-electron chi connectivity index (χ0n) is 19.3. The number of nitrogens with one attached hydrogen (secondary N) is 2. The van der Waals surface area contributed by atoms with E-state index in [0.29, 0.717) is 36.2 Å². The molecule has 2 N–H and O–H groups in total. The summed E-state index contributed by atoms with van der Waals surface area (Å²) in [6, 6.07) is 20.5. The van der Waals surface area contributed by atoms with Gasteiger partial charge in [-0.25, -0.2) is 4.79 Å². The van der Waals surface area contributed by atoms with Crippen molar-refractivity contribution >= 4 is 34.3 Å². The maximum Gasteiger partial charge on any atom is 0.419 e. The van der Waals surface area contributed by atoms with E-state index in [1.54, 1.807) is 24.3 Å². The number of fused-ring (bicyclic) bond motifs is 1. The Balaban J connectivity index is 1.32. The van der Waals surface area contributed by atoms with Gasteiger partial charge in [0.15, 0.2) is 5.58 Å². The highest BCUT2D eigenvalue weighted by molar-refractivity contribution is 6.03. The Labute approximate surface area is 205 Å². The molecule has 4 aromatic rings. The van der Waals surface area contributed by atoms with Gasteiger partial charge in [0.25, 0.3) is 11.6 Å². The van der Waals surface area contributed by atoms with Crippen molar-refractivity contribution in [3.8, 4) is 0 Å². The van der Waals surface area contributed by atoms with Gasteiger partial charge in [0.2, 0.25) is 5.91 Å². The van der Waals surface area contributed by atoms with Crippen LogP contribution in [0.2, 0.25) is 0 Å². The number of nitrogens with zero attached hydrogens (tertiary/aromatic N) is 2. The van der Waals surface area contributed by atoms with Crippen LogP contribution in [-0.4, -0.2) is 27.8 Å². The SMILES string of the molecule is O=C(CCCn1c(=O)oc2cc([N+](=O)[O-])ccc21)Nc1ccccc1C(=O)NCCc1ccccc1. The quantitative estimate of drug-likeness (QED) is 0.257. The molecule has 4 rings (SSSR count). The first kappa shape index (κ1) is 24.4. The predicted molar refractivity (Wildman–Crippen MR) is 134 cm³/mol. The third-order valence-electron chi connectivity index (χ3n) is 5.64. The minimum absolute atomic E-state index is 0.0933. The van der Waals surface area contributed by atoms with Gasteiger partial charge in [-0.05, 0) is 36.6 Å². The summed E-state index contributed by atoms with van der Waals surface area (Å²) >= 11 is 0. The first-order chi connectivity index (χ1) is 17.4. The number of hydrogen-bond donors (Lipinski definition) is 2. The highest BCUT2D eigenvalue weighted by Gasteiger charge is 2.16. The number of carbonyl (C=O) groups excluding carboxylic acids is 2. The number of aromatic nitrogens is 1. The van der Waals surface area contributed by atoms with Gasteiger partial charge in [-0.15, -0.1) is 0 Å². The van der Waals surface area contributed by atoms with E-state index in [-0.39, 0.29) is 36.1 Å². The maximum absolute atomic E-state index is 12.7. The summed E-state index contributed by atoms with van der Waals surface area (Å²) in [5, 5.41) is 16.6. The Morgan fingerprint density at radius 2 is 1.75 bits per heavy atom. The Bertz CT molecular complexity index is 1460. The maximum atomic E-state index is 12.7. The number of nitro benzene ring substituents is 1. The standard InChI is InChI=1S/C26H24N4O6/c31-24(11-6-16-29-22-13-12-19(30(34)35)17-23(22)36-26(29)33)28-21-10-5-4-9-20(21)25(32)27-15-14-18-7-2-1-3-8-18/h1-5,7-10,12-13,17H,6,11,14-16H2,(H,27,32)(H,28,31). The molecule has 1 heterocycles. The van der Waals surface area contributed by atoms with E-state index in [0.717, 1.165) is 5.56 Å². The number of non-ortho nitro benzene ring substituents is 1. The van der Waals surface area contributed by atoms with Gasteiger partial charge >= 0.3 is 5.76 Å². The van der Waals surface area contributed by atoms with E-state index in [2.05, 4.69) is 10.6 Å². The van der Waals surface area contributed by atoms with Crippen LogP contribution in [0.1, 0.15) is 28.8 Å². The average Bonchev–Trinajstić information content (AvgIpc) is 3.19. The Morgan fingerprint density at radius 1 is 1.00 bits per heavy atom. The van der Waals surface area contributed by atoms with Gasteiger partial charge < -0.3 is 15.1 Å². The molecule has 0 radical (unpaired) electrons. The van der Waals surface area contributed by atoms with Crippen LogP contribution in [0.15, 0.2) is 82.0 Å². The fourth-order valence-corrected chi connectivity index (χ4v) is 3.84.